The van der Waals surface area contributed by atoms with Gasteiger partial charge >= 0.3 is 5.97 Å². The first-order valence-corrected chi connectivity index (χ1v) is 14.4. The molecule has 0 fully saturated rings. The van der Waals surface area contributed by atoms with Crippen LogP contribution >= 0.6 is 0 Å². The van der Waals surface area contributed by atoms with Crippen LogP contribution in [-0.4, -0.2) is 30.5 Å². The number of carbonyl (C=O) groups excluding carboxylic acids is 3. The van der Waals surface area contributed by atoms with Crippen LogP contribution in [0.1, 0.15) is 92.6 Å². The van der Waals surface area contributed by atoms with Crippen LogP contribution in [0, 0.1) is 6.92 Å². The summed E-state index contributed by atoms with van der Waals surface area (Å²) in [5.74, 6) is -0.721. The Kier molecular flexibility index (Phi) is 12.9. The van der Waals surface area contributed by atoms with Crippen molar-refractivity contribution in [3.8, 4) is 5.75 Å². The van der Waals surface area contributed by atoms with Gasteiger partial charge in [0.2, 0.25) is 5.91 Å². The van der Waals surface area contributed by atoms with Crippen LogP contribution in [-0.2, 0) is 9.59 Å². The maximum Gasteiger partial charge on any atom is 0.343 e. The van der Waals surface area contributed by atoms with Crippen molar-refractivity contribution in [2.45, 2.75) is 78.1 Å². The standard InChI is InChI=1S/C33H41N3O4/c1-3-4-5-6-7-8-9-10-11-19-31(37)34-24-32(38)36-35-23-29-28-18-13-12-16-26(28)20-21-30(29)40-33(39)27-17-14-15-25(2)22-27/h12-18,20-23H,3-11,19,24H2,1-2H3,(H,34,37)(H,36,38)/b35-23+. The predicted octanol–water partition coefficient (Wildman–Crippen LogP) is 6.85. The molecular formula is C33H41N3O4. The number of nitrogens with one attached hydrogen (secondary N) is 2. The summed E-state index contributed by atoms with van der Waals surface area (Å²) in [6.07, 6.45) is 12.5. The summed E-state index contributed by atoms with van der Waals surface area (Å²) in [5.41, 5.74) is 4.42. The molecule has 2 N–H and O–H groups in total. The first kappa shape index (κ1) is 30.5. The lowest BCUT2D eigenvalue weighted by Crippen LogP contribution is -2.34. The first-order chi connectivity index (χ1) is 19.5. The molecule has 40 heavy (non-hydrogen) atoms. The molecule has 0 heterocycles. The van der Waals surface area contributed by atoms with Crippen LogP contribution in [0.2, 0.25) is 0 Å². The van der Waals surface area contributed by atoms with Gasteiger partial charge in [-0.2, -0.15) is 5.10 Å². The van der Waals surface area contributed by atoms with Crippen molar-refractivity contribution in [1.29, 1.82) is 0 Å². The van der Waals surface area contributed by atoms with E-state index in [0.29, 0.717) is 23.3 Å². The summed E-state index contributed by atoms with van der Waals surface area (Å²) >= 11 is 0. The molecule has 0 aromatic heterocycles. The van der Waals surface area contributed by atoms with E-state index in [1.165, 1.54) is 44.7 Å². The molecule has 3 rings (SSSR count). The fourth-order valence-corrected chi connectivity index (χ4v) is 4.50. The second-order valence-electron chi connectivity index (χ2n) is 10.1. The Hall–Kier alpha value is -4.00. The number of fused-ring (bicyclic) bond motifs is 1. The van der Waals surface area contributed by atoms with Crippen LogP contribution < -0.4 is 15.5 Å². The van der Waals surface area contributed by atoms with Gasteiger partial charge in [-0.15, -0.1) is 0 Å². The molecule has 3 aromatic carbocycles. The zero-order chi connectivity index (χ0) is 28.6. The highest BCUT2D eigenvalue weighted by Crippen LogP contribution is 2.27. The molecule has 7 nitrogen and oxygen atoms in total. The molecule has 3 aromatic rings. The second kappa shape index (κ2) is 16.9. The average molecular weight is 544 g/mol. The zero-order valence-corrected chi connectivity index (χ0v) is 23.7. The Morgan fingerprint density at radius 2 is 1.55 bits per heavy atom. The molecule has 0 unspecified atom stereocenters. The maximum absolute atomic E-state index is 12.8. The van der Waals surface area contributed by atoms with Crippen molar-refractivity contribution >= 4 is 34.8 Å². The Labute approximate surface area is 237 Å². The number of hydrogen-bond donors (Lipinski definition) is 2. The minimum absolute atomic E-state index is 0.138. The number of amides is 2. The summed E-state index contributed by atoms with van der Waals surface area (Å²) in [7, 11) is 0. The van der Waals surface area contributed by atoms with Crippen LogP contribution in [0.4, 0.5) is 0 Å². The van der Waals surface area contributed by atoms with E-state index in [2.05, 4.69) is 22.8 Å². The van der Waals surface area contributed by atoms with Gasteiger partial charge in [-0.3, -0.25) is 9.59 Å². The van der Waals surface area contributed by atoms with Gasteiger partial charge in [0.05, 0.1) is 18.3 Å². The summed E-state index contributed by atoms with van der Waals surface area (Å²) in [5, 5.41) is 8.49. The lowest BCUT2D eigenvalue weighted by molar-refractivity contribution is -0.126. The third-order valence-corrected chi connectivity index (χ3v) is 6.72. The molecule has 0 aliphatic carbocycles. The molecule has 0 aliphatic rings. The van der Waals surface area contributed by atoms with Crippen LogP contribution in [0.3, 0.4) is 0 Å². The van der Waals surface area contributed by atoms with Crippen molar-refractivity contribution in [1.82, 2.24) is 10.7 Å². The fourth-order valence-electron chi connectivity index (χ4n) is 4.50. The van der Waals surface area contributed by atoms with Crippen LogP contribution in [0.5, 0.6) is 5.75 Å². The topological polar surface area (TPSA) is 96.9 Å². The number of rotatable bonds is 16. The zero-order valence-electron chi connectivity index (χ0n) is 23.7. The van der Waals surface area contributed by atoms with Gasteiger partial charge in [0.1, 0.15) is 5.75 Å². The number of esters is 1. The lowest BCUT2D eigenvalue weighted by Gasteiger charge is -2.11. The number of ether oxygens (including phenoxy) is 1. The molecule has 2 amide bonds. The fraction of sp³-hybridized carbons (Fsp3) is 0.394. The highest BCUT2D eigenvalue weighted by Gasteiger charge is 2.14. The Bertz CT molecular complexity index is 1300. The number of hydrazone groups is 1. The third-order valence-electron chi connectivity index (χ3n) is 6.72. The molecule has 0 saturated carbocycles. The van der Waals surface area contributed by atoms with Gasteiger partial charge in [0.25, 0.3) is 5.91 Å². The van der Waals surface area contributed by atoms with E-state index in [1.807, 2.05) is 43.3 Å². The van der Waals surface area contributed by atoms with E-state index < -0.39 is 11.9 Å². The molecule has 0 spiro atoms. The van der Waals surface area contributed by atoms with E-state index >= 15 is 0 Å². The Balaban J connectivity index is 1.48. The van der Waals surface area contributed by atoms with Gasteiger partial charge in [-0.05, 0) is 42.3 Å². The summed E-state index contributed by atoms with van der Waals surface area (Å²) < 4.78 is 5.72. The number of aryl methyl sites for hydroxylation is 1. The van der Waals surface area contributed by atoms with Crippen molar-refractivity contribution in [3.63, 3.8) is 0 Å². The molecule has 212 valence electrons. The van der Waals surface area contributed by atoms with Gasteiger partial charge in [-0.1, -0.05) is 106 Å². The number of carbonyl (C=O) groups is 3. The normalized spacial score (nSPS) is 11.1. The maximum atomic E-state index is 12.8. The van der Waals surface area contributed by atoms with E-state index in [9.17, 15) is 14.4 Å². The SMILES string of the molecule is CCCCCCCCCCCC(=O)NCC(=O)N/N=C/c1c(OC(=O)c2cccc(C)c2)ccc2ccccc12. The molecule has 0 bridgehead atoms. The van der Waals surface area contributed by atoms with Crippen LogP contribution in [0.15, 0.2) is 65.8 Å². The number of unbranched alkanes of at least 4 members (excludes halogenated alkanes) is 8. The minimum atomic E-state index is -0.479. The van der Waals surface area contributed by atoms with Crippen molar-refractivity contribution in [2.24, 2.45) is 5.10 Å². The highest BCUT2D eigenvalue weighted by molar-refractivity contribution is 6.04. The van der Waals surface area contributed by atoms with E-state index in [0.717, 1.165) is 35.6 Å². The second-order valence-corrected chi connectivity index (χ2v) is 10.1. The Morgan fingerprint density at radius 3 is 2.30 bits per heavy atom. The minimum Gasteiger partial charge on any atom is -0.422 e. The van der Waals surface area contributed by atoms with Gasteiger partial charge in [0.15, 0.2) is 0 Å². The number of nitrogens with zero attached hydrogens (tertiary/aromatic N) is 1. The average Bonchev–Trinajstić information content (AvgIpc) is 2.96. The monoisotopic (exact) mass is 543 g/mol. The quantitative estimate of drug-likeness (QED) is 0.0678. The lowest BCUT2D eigenvalue weighted by atomic mass is 10.0. The predicted molar refractivity (Wildman–Crippen MR) is 161 cm³/mol. The van der Waals surface area contributed by atoms with Crippen molar-refractivity contribution in [3.05, 3.63) is 77.4 Å². The number of hydrogen-bond acceptors (Lipinski definition) is 5. The Morgan fingerprint density at radius 1 is 0.825 bits per heavy atom. The molecule has 0 saturated heterocycles. The van der Waals surface area contributed by atoms with Gasteiger partial charge in [0, 0.05) is 12.0 Å². The molecule has 0 radical (unpaired) electrons. The largest absolute Gasteiger partial charge is 0.422 e. The van der Waals surface area contributed by atoms with Gasteiger partial charge in [-0.25, -0.2) is 10.2 Å². The van der Waals surface area contributed by atoms with E-state index in [-0.39, 0.29) is 12.5 Å². The summed E-state index contributed by atoms with van der Waals surface area (Å²) in [6, 6.07) is 18.4. The molecular weight excluding hydrogens is 502 g/mol. The van der Waals surface area contributed by atoms with Crippen LogP contribution in [0.25, 0.3) is 10.8 Å². The highest BCUT2D eigenvalue weighted by atomic mass is 16.5. The van der Waals surface area contributed by atoms with Crippen molar-refractivity contribution in [2.75, 3.05) is 6.54 Å². The van der Waals surface area contributed by atoms with Crippen molar-refractivity contribution < 1.29 is 19.1 Å². The molecule has 0 aliphatic heterocycles. The summed E-state index contributed by atoms with van der Waals surface area (Å²) in [6.45, 7) is 3.98. The van der Waals surface area contributed by atoms with Gasteiger partial charge < -0.3 is 10.1 Å². The first-order valence-electron chi connectivity index (χ1n) is 14.4. The van der Waals surface area contributed by atoms with E-state index in [1.54, 1.807) is 24.3 Å². The smallest absolute Gasteiger partial charge is 0.343 e. The number of benzene rings is 3. The third kappa shape index (κ3) is 10.3. The van der Waals surface area contributed by atoms with E-state index in [4.69, 9.17) is 4.74 Å². The molecule has 0 atom stereocenters. The molecule has 7 heteroatoms. The summed E-state index contributed by atoms with van der Waals surface area (Å²) in [4.78, 5) is 37.2.